The highest BCUT2D eigenvalue weighted by molar-refractivity contribution is 5.97. The van der Waals surface area contributed by atoms with Gasteiger partial charge >= 0.3 is 18.0 Å². The molecule has 2 amide bonds. The van der Waals surface area contributed by atoms with Crippen LogP contribution in [0.25, 0.3) is 11.0 Å². The summed E-state index contributed by atoms with van der Waals surface area (Å²) in [6, 6.07) is 12.9. The Morgan fingerprint density at radius 3 is 2.44 bits per heavy atom. The molecule has 0 aliphatic heterocycles. The number of halogens is 3. The summed E-state index contributed by atoms with van der Waals surface area (Å²) in [7, 11) is 0. The molecule has 36 heavy (non-hydrogen) atoms. The van der Waals surface area contributed by atoms with Gasteiger partial charge in [0.15, 0.2) is 5.82 Å². The second kappa shape index (κ2) is 10.5. The van der Waals surface area contributed by atoms with Crippen LogP contribution < -0.4 is 15.4 Å². The molecule has 2 heterocycles. The van der Waals surface area contributed by atoms with Gasteiger partial charge in [-0.15, -0.1) is 0 Å². The fraction of sp³-hybridized carbons (Fsp3) is 0.261. The zero-order valence-electron chi connectivity index (χ0n) is 19.0. The smallest absolute Gasteiger partial charge is 0.449 e. The van der Waals surface area contributed by atoms with Gasteiger partial charge in [-0.3, -0.25) is 9.59 Å². The van der Waals surface area contributed by atoms with E-state index < -0.39 is 30.3 Å². The van der Waals surface area contributed by atoms with E-state index in [-0.39, 0.29) is 35.9 Å². The zero-order chi connectivity index (χ0) is 25.7. The predicted octanol–water partition coefficient (Wildman–Crippen LogP) is 3.04. The van der Waals surface area contributed by atoms with Gasteiger partial charge in [-0.1, -0.05) is 29.4 Å². The first kappa shape index (κ1) is 24.7. The highest BCUT2D eigenvalue weighted by Crippen LogP contribution is 2.31. The summed E-state index contributed by atoms with van der Waals surface area (Å²) in [4.78, 5) is 32.2. The molecule has 0 spiro atoms. The third kappa shape index (κ3) is 5.45. The molecule has 0 atom stereocenters. The van der Waals surface area contributed by atoms with Crippen molar-refractivity contribution in [1.29, 1.82) is 0 Å². The standard InChI is InChI=1S/C23H21F3N6O4/c1-2-35-17-10-6-3-7-14(17)19(33)27-11-12-28-20(34)21-30-18(31-36-21)13-32-16-9-5-4-8-15(16)29-22(32)23(24,25)26/h3-10H,2,11-13H2,1H3,(H,27,33)(H,28,34). The summed E-state index contributed by atoms with van der Waals surface area (Å²) in [5, 5.41) is 8.78. The number of amides is 2. The summed E-state index contributed by atoms with van der Waals surface area (Å²) in [5.41, 5.74) is 0.761. The lowest BCUT2D eigenvalue weighted by Gasteiger charge is -2.10. The number of hydrogen-bond acceptors (Lipinski definition) is 7. The van der Waals surface area contributed by atoms with Crippen molar-refractivity contribution in [2.45, 2.75) is 19.6 Å². The minimum Gasteiger partial charge on any atom is -0.493 e. The van der Waals surface area contributed by atoms with E-state index in [2.05, 4.69) is 25.8 Å². The maximum Gasteiger partial charge on any atom is 0.449 e. The molecule has 10 nitrogen and oxygen atoms in total. The van der Waals surface area contributed by atoms with E-state index in [9.17, 15) is 22.8 Å². The molecule has 0 saturated carbocycles. The first-order chi connectivity index (χ1) is 17.3. The molecule has 13 heteroatoms. The Hall–Kier alpha value is -4.42. The fourth-order valence-corrected chi connectivity index (χ4v) is 3.46. The number of nitrogens with zero attached hydrogens (tertiary/aromatic N) is 4. The van der Waals surface area contributed by atoms with Gasteiger partial charge in [-0.25, -0.2) is 4.98 Å². The Bertz CT molecular complexity index is 1380. The summed E-state index contributed by atoms with van der Waals surface area (Å²) < 4.78 is 51.7. The van der Waals surface area contributed by atoms with Crippen LogP contribution in [0.3, 0.4) is 0 Å². The van der Waals surface area contributed by atoms with Gasteiger partial charge in [0.2, 0.25) is 5.82 Å². The molecule has 2 aromatic heterocycles. The topological polar surface area (TPSA) is 124 Å². The molecule has 4 aromatic rings. The number of fused-ring (bicyclic) bond motifs is 1. The first-order valence-corrected chi connectivity index (χ1v) is 10.9. The van der Waals surface area contributed by atoms with Crippen molar-refractivity contribution in [3.05, 3.63) is 71.6 Å². The number of nitrogens with one attached hydrogen (secondary N) is 2. The average Bonchev–Trinajstić information content (AvgIpc) is 3.48. The van der Waals surface area contributed by atoms with Gasteiger partial charge in [-0.2, -0.15) is 18.2 Å². The van der Waals surface area contributed by atoms with Crippen molar-refractivity contribution in [2.24, 2.45) is 0 Å². The van der Waals surface area contributed by atoms with E-state index in [0.717, 1.165) is 4.57 Å². The minimum absolute atomic E-state index is 0.0451. The van der Waals surface area contributed by atoms with Crippen molar-refractivity contribution in [1.82, 2.24) is 30.3 Å². The number of rotatable bonds is 9. The van der Waals surface area contributed by atoms with Gasteiger partial charge in [0.05, 0.1) is 29.7 Å². The van der Waals surface area contributed by atoms with Gasteiger partial charge < -0.3 is 24.5 Å². The van der Waals surface area contributed by atoms with E-state index in [1.54, 1.807) is 43.3 Å². The van der Waals surface area contributed by atoms with Crippen LogP contribution in [-0.4, -0.2) is 51.2 Å². The van der Waals surface area contributed by atoms with Crippen LogP contribution >= 0.6 is 0 Å². The molecule has 0 unspecified atom stereocenters. The lowest BCUT2D eigenvalue weighted by molar-refractivity contribution is -0.146. The van der Waals surface area contributed by atoms with E-state index in [4.69, 9.17) is 9.26 Å². The van der Waals surface area contributed by atoms with E-state index in [1.165, 1.54) is 12.1 Å². The monoisotopic (exact) mass is 502 g/mol. The first-order valence-electron chi connectivity index (χ1n) is 10.9. The fourth-order valence-electron chi connectivity index (χ4n) is 3.46. The molecule has 0 bridgehead atoms. The number of alkyl halides is 3. The number of ether oxygens (including phenoxy) is 1. The molecule has 188 valence electrons. The average molecular weight is 502 g/mol. The maximum atomic E-state index is 13.5. The summed E-state index contributed by atoms with van der Waals surface area (Å²) in [6.45, 7) is 1.95. The number of aromatic nitrogens is 4. The lowest BCUT2D eigenvalue weighted by atomic mass is 10.2. The molecule has 0 radical (unpaired) electrons. The van der Waals surface area contributed by atoms with Crippen molar-refractivity contribution in [2.75, 3.05) is 19.7 Å². The third-order valence-corrected chi connectivity index (χ3v) is 5.00. The number of carbonyl (C=O) groups is 2. The molecule has 2 aromatic carbocycles. The third-order valence-electron chi connectivity index (χ3n) is 5.00. The van der Waals surface area contributed by atoms with Crippen LogP contribution in [0, 0.1) is 0 Å². The second-order valence-electron chi connectivity index (χ2n) is 7.46. The molecular formula is C23H21F3N6O4. The van der Waals surface area contributed by atoms with E-state index >= 15 is 0 Å². The van der Waals surface area contributed by atoms with Crippen molar-refractivity contribution in [3.8, 4) is 5.75 Å². The highest BCUT2D eigenvalue weighted by Gasteiger charge is 2.38. The van der Waals surface area contributed by atoms with Gasteiger partial charge in [0, 0.05) is 13.1 Å². The van der Waals surface area contributed by atoms with Gasteiger partial charge in [0.25, 0.3) is 5.91 Å². The second-order valence-corrected chi connectivity index (χ2v) is 7.46. The number of imidazole rings is 1. The summed E-state index contributed by atoms with van der Waals surface area (Å²) in [5.74, 6) is -2.32. The normalized spacial score (nSPS) is 11.4. The molecule has 0 aliphatic carbocycles. The molecule has 2 N–H and O–H groups in total. The van der Waals surface area contributed by atoms with Gasteiger partial charge in [-0.05, 0) is 31.2 Å². The van der Waals surface area contributed by atoms with E-state index in [1.807, 2.05) is 0 Å². The van der Waals surface area contributed by atoms with Crippen LogP contribution in [0.5, 0.6) is 5.75 Å². The lowest BCUT2D eigenvalue weighted by Crippen LogP contribution is -2.35. The number of benzene rings is 2. The van der Waals surface area contributed by atoms with E-state index in [0.29, 0.717) is 17.9 Å². The number of para-hydroxylation sites is 3. The predicted molar refractivity (Wildman–Crippen MR) is 120 cm³/mol. The zero-order valence-corrected chi connectivity index (χ0v) is 19.0. The Balaban J connectivity index is 1.35. The summed E-state index contributed by atoms with van der Waals surface area (Å²) in [6.07, 6.45) is -4.70. The van der Waals surface area contributed by atoms with Crippen molar-refractivity contribution in [3.63, 3.8) is 0 Å². The summed E-state index contributed by atoms with van der Waals surface area (Å²) >= 11 is 0. The molecule has 0 aliphatic rings. The number of carbonyl (C=O) groups excluding carboxylic acids is 2. The molecular weight excluding hydrogens is 481 g/mol. The van der Waals surface area contributed by atoms with Crippen LogP contribution in [-0.2, 0) is 12.7 Å². The Kier molecular flexibility index (Phi) is 7.17. The maximum absolute atomic E-state index is 13.5. The minimum atomic E-state index is -4.70. The molecule has 0 saturated heterocycles. The van der Waals surface area contributed by atoms with Crippen molar-refractivity contribution < 1.29 is 32.0 Å². The Morgan fingerprint density at radius 1 is 1.00 bits per heavy atom. The van der Waals surface area contributed by atoms with Gasteiger partial charge in [0.1, 0.15) is 5.75 Å². The number of hydrogen-bond donors (Lipinski definition) is 2. The Labute approximate surface area is 202 Å². The van der Waals surface area contributed by atoms with Crippen LogP contribution in [0.1, 0.15) is 39.6 Å². The quantitative estimate of drug-likeness (QED) is 0.337. The SMILES string of the molecule is CCOc1ccccc1C(=O)NCCNC(=O)c1nc(Cn2c(C(F)(F)F)nc3ccccc32)no1. The Morgan fingerprint density at radius 2 is 1.69 bits per heavy atom. The van der Waals surface area contributed by atoms with Crippen LogP contribution in [0.15, 0.2) is 53.1 Å². The largest absolute Gasteiger partial charge is 0.493 e. The highest BCUT2D eigenvalue weighted by atomic mass is 19.4. The van der Waals surface area contributed by atoms with Crippen LogP contribution in [0.4, 0.5) is 13.2 Å². The van der Waals surface area contributed by atoms with Crippen molar-refractivity contribution >= 4 is 22.8 Å². The molecule has 0 fully saturated rings. The molecule has 4 rings (SSSR count). The van der Waals surface area contributed by atoms with Crippen LogP contribution in [0.2, 0.25) is 0 Å².